The molecule has 3 nitrogen and oxygen atoms in total. The fourth-order valence-corrected chi connectivity index (χ4v) is 2.13. The van der Waals surface area contributed by atoms with Gasteiger partial charge in [-0.3, -0.25) is 4.90 Å². The molecule has 1 aliphatic heterocycles. The minimum absolute atomic E-state index is 0.238. The van der Waals surface area contributed by atoms with Crippen LogP contribution in [0.25, 0.3) is 0 Å². The maximum atomic E-state index is 13.0. The van der Waals surface area contributed by atoms with Crippen molar-refractivity contribution in [1.82, 2.24) is 4.90 Å². The minimum Gasteiger partial charge on any atom is -0.397 e. The minimum atomic E-state index is -0.339. The Bertz CT molecular complexity index is 292. The van der Waals surface area contributed by atoms with Crippen molar-refractivity contribution in [1.29, 1.82) is 0 Å². The molecule has 0 bridgehead atoms. The normalized spacial score (nSPS) is 28.5. The molecule has 2 atom stereocenters. The Morgan fingerprint density at radius 2 is 2.00 bits per heavy atom. The first-order valence-corrected chi connectivity index (χ1v) is 6.18. The van der Waals surface area contributed by atoms with Crippen LogP contribution in [0, 0.1) is 0 Å². The van der Waals surface area contributed by atoms with Crippen LogP contribution in [-0.4, -0.2) is 36.7 Å². The van der Waals surface area contributed by atoms with Gasteiger partial charge in [-0.1, -0.05) is 6.08 Å². The molecule has 2 unspecified atom stereocenters. The molecule has 1 rings (SSSR count). The average Bonchev–Trinajstić information content (AvgIpc) is 2.26. The Balaban J connectivity index is 2.36. The lowest BCUT2D eigenvalue weighted by Crippen LogP contribution is -2.45. The predicted octanol–water partition coefficient (Wildman–Crippen LogP) is 2.20. The van der Waals surface area contributed by atoms with Gasteiger partial charge in [0.2, 0.25) is 0 Å². The molecule has 1 aliphatic rings. The molecule has 0 radical (unpaired) electrons. The van der Waals surface area contributed by atoms with Gasteiger partial charge in [-0.25, -0.2) is 4.39 Å². The summed E-state index contributed by atoms with van der Waals surface area (Å²) in [7, 11) is 0. The molecule has 0 spiro atoms. The predicted molar refractivity (Wildman–Crippen MR) is 68.2 cm³/mol. The van der Waals surface area contributed by atoms with Crippen molar-refractivity contribution in [2.45, 2.75) is 39.4 Å². The Labute approximate surface area is 103 Å². The van der Waals surface area contributed by atoms with Crippen LogP contribution in [0.3, 0.4) is 0 Å². The number of nitrogens with zero attached hydrogens (tertiary/aromatic N) is 1. The largest absolute Gasteiger partial charge is 0.397 e. The fraction of sp³-hybridized carbons (Fsp3) is 0.692. The van der Waals surface area contributed by atoms with Crippen LogP contribution in [0.5, 0.6) is 0 Å². The molecule has 0 aromatic heterocycles. The molecule has 1 fully saturated rings. The molecule has 1 saturated heterocycles. The number of rotatable bonds is 4. The number of allylic oxidation sites excluding steroid dienone is 2. The molecule has 1 heterocycles. The summed E-state index contributed by atoms with van der Waals surface area (Å²) in [5, 5.41) is 0. The third-order valence-corrected chi connectivity index (χ3v) is 2.83. The van der Waals surface area contributed by atoms with Crippen LogP contribution in [0.1, 0.15) is 27.2 Å². The number of halogens is 1. The van der Waals surface area contributed by atoms with E-state index < -0.39 is 0 Å². The van der Waals surface area contributed by atoms with E-state index in [1.54, 1.807) is 13.0 Å². The van der Waals surface area contributed by atoms with E-state index in [4.69, 9.17) is 10.5 Å². The molecule has 17 heavy (non-hydrogen) atoms. The lowest BCUT2D eigenvalue weighted by atomic mass is 10.2. The second kappa shape index (κ2) is 6.77. The second-order valence-corrected chi connectivity index (χ2v) is 4.60. The zero-order valence-corrected chi connectivity index (χ0v) is 10.9. The van der Waals surface area contributed by atoms with E-state index in [2.05, 4.69) is 18.7 Å². The van der Waals surface area contributed by atoms with Crippen molar-refractivity contribution in [2.24, 2.45) is 5.73 Å². The van der Waals surface area contributed by atoms with E-state index in [0.717, 1.165) is 26.1 Å². The van der Waals surface area contributed by atoms with Gasteiger partial charge in [0.25, 0.3) is 0 Å². The van der Waals surface area contributed by atoms with Crippen molar-refractivity contribution in [3.63, 3.8) is 0 Å². The standard InChI is InChI=1S/C13H23FN2O/c1-4-12(14)13(15)6-5-7-16-8-10(2)17-11(3)9-16/h4,6,10-11H,5,7-9,15H2,1-3H3/b12-4-,13-6+. The summed E-state index contributed by atoms with van der Waals surface area (Å²) in [4.78, 5) is 2.33. The van der Waals surface area contributed by atoms with Gasteiger partial charge in [-0.2, -0.15) is 0 Å². The van der Waals surface area contributed by atoms with Crippen LogP contribution >= 0.6 is 0 Å². The van der Waals surface area contributed by atoms with Crippen LogP contribution in [-0.2, 0) is 4.74 Å². The Morgan fingerprint density at radius 3 is 2.53 bits per heavy atom. The molecular formula is C13H23FN2O. The molecule has 4 heteroatoms. The Hall–Kier alpha value is -0.870. The highest BCUT2D eigenvalue weighted by molar-refractivity contribution is 5.20. The van der Waals surface area contributed by atoms with Gasteiger partial charge in [0.15, 0.2) is 0 Å². The van der Waals surface area contributed by atoms with Gasteiger partial charge in [-0.15, -0.1) is 0 Å². The topological polar surface area (TPSA) is 38.5 Å². The summed E-state index contributed by atoms with van der Waals surface area (Å²) in [6.07, 6.45) is 4.44. The van der Waals surface area contributed by atoms with Gasteiger partial charge < -0.3 is 10.5 Å². The van der Waals surface area contributed by atoms with Crippen molar-refractivity contribution in [3.05, 3.63) is 23.7 Å². The number of hydrogen-bond donors (Lipinski definition) is 1. The number of morpholine rings is 1. The van der Waals surface area contributed by atoms with Gasteiger partial charge in [0.1, 0.15) is 5.83 Å². The molecule has 0 aromatic rings. The fourth-order valence-electron chi connectivity index (χ4n) is 2.13. The van der Waals surface area contributed by atoms with Crippen molar-refractivity contribution in [3.8, 4) is 0 Å². The molecular weight excluding hydrogens is 219 g/mol. The van der Waals surface area contributed by atoms with Gasteiger partial charge in [0, 0.05) is 19.6 Å². The SMILES string of the molecule is C/C=C(F)/C(N)=C\CCN1CC(C)OC(C)C1. The molecule has 0 amide bonds. The van der Waals surface area contributed by atoms with Crippen LogP contribution in [0.4, 0.5) is 4.39 Å². The zero-order chi connectivity index (χ0) is 12.8. The highest BCUT2D eigenvalue weighted by Gasteiger charge is 2.21. The van der Waals surface area contributed by atoms with Crippen LogP contribution < -0.4 is 5.73 Å². The summed E-state index contributed by atoms with van der Waals surface area (Å²) in [5.74, 6) is -0.339. The lowest BCUT2D eigenvalue weighted by Gasteiger charge is -2.35. The van der Waals surface area contributed by atoms with Crippen molar-refractivity contribution < 1.29 is 9.13 Å². The summed E-state index contributed by atoms with van der Waals surface area (Å²) >= 11 is 0. The molecule has 2 N–H and O–H groups in total. The maximum absolute atomic E-state index is 13.0. The molecule has 0 aliphatic carbocycles. The summed E-state index contributed by atoms with van der Waals surface area (Å²) in [5.41, 5.74) is 5.81. The molecule has 0 aromatic carbocycles. The number of nitrogens with two attached hydrogens (primary N) is 1. The van der Waals surface area contributed by atoms with Crippen LogP contribution in [0.2, 0.25) is 0 Å². The number of hydrogen-bond acceptors (Lipinski definition) is 3. The monoisotopic (exact) mass is 242 g/mol. The number of ether oxygens (including phenoxy) is 1. The smallest absolute Gasteiger partial charge is 0.141 e. The third kappa shape index (κ3) is 4.88. The van der Waals surface area contributed by atoms with Crippen molar-refractivity contribution >= 4 is 0 Å². The molecule has 0 saturated carbocycles. The van der Waals surface area contributed by atoms with Gasteiger partial charge in [0.05, 0.1) is 17.9 Å². The Morgan fingerprint density at radius 1 is 1.41 bits per heavy atom. The first-order valence-electron chi connectivity index (χ1n) is 6.18. The quantitative estimate of drug-likeness (QED) is 0.768. The summed E-state index contributed by atoms with van der Waals surface area (Å²) in [6.45, 7) is 8.56. The highest BCUT2D eigenvalue weighted by atomic mass is 19.1. The van der Waals surface area contributed by atoms with E-state index in [1.807, 2.05) is 0 Å². The van der Waals surface area contributed by atoms with E-state index in [1.165, 1.54) is 6.08 Å². The highest BCUT2D eigenvalue weighted by Crippen LogP contribution is 2.12. The van der Waals surface area contributed by atoms with E-state index in [-0.39, 0.29) is 23.7 Å². The maximum Gasteiger partial charge on any atom is 0.141 e. The zero-order valence-electron chi connectivity index (χ0n) is 10.9. The lowest BCUT2D eigenvalue weighted by molar-refractivity contribution is -0.0673. The van der Waals surface area contributed by atoms with Crippen LogP contribution in [0.15, 0.2) is 23.7 Å². The van der Waals surface area contributed by atoms with E-state index in [0.29, 0.717) is 0 Å². The van der Waals surface area contributed by atoms with Crippen molar-refractivity contribution in [2.75, 3.05) is 19.6 Å². The average molecular weight is 242 g/mol. The Kier molecular flexibility index (Phi) is 5.65. The van der Waals surface area contributed by atoms with Gasteiger partial charge >= 0.3 is 0 Å². The van der Waals surface area contributed by atoms with Gasteiger partial charge in [-0.05, 0) is 33.3 Å². The molecule has 98 valence electrons. The van der Waals surface area contributed by atoms with E-state index >= 15 is 0 Å². The van der Waals surface area contributed by atoms with E-state index in [9.17, 15) is 4.39 Å². The second-order valence-electron chi connectivity index (χ2n) is 4.60. The first kappa shape index (κ1) is 14.2. The third-order valence-electron chi connectivity index (χ3n) is 2.83. The summed E-state index contributed by atoms with van der Waals surface area (Å²) < 4.78 is 18.7. The first-order chi connectivity index (χ1) is 8.02. The summed E-state index contributed by atoms with van der Waals surface area (Å²) in [6, 6.07) is 0.